The Hall–Kier alpha value is -1.71. The summed E-state index contributed by atoms with van der Waals surface area (Å²) in [5, 5.41) is 0. The molecule has 18 heavy (non-hydrogen) atoms. The first-order valence-corrected chi connectivity index (χ1v) is 6.41. The number of rotatable bonds is 3. The van der Waals surface area contributed by atoms with E-state index in [9.17, 15) is 4.79 Å². The van der Waals surface area contributed by atoms with Crippen LogP contribution in [-0.4, -0.2) is 24.5 Å². The van der Waals surface area contributed by atoms with E-state index in [1.54, 1.807) is 13.2 Å². The second kappa shape index (κ2) is 5.76. The Morgan fingerprint density at radius 3 is 2.94 bits per heavy atom. The Bertz CT molecular complexity index is 432. The normalized spacial score (nSPS) is 16.5. The highest BCUT2D eigenvalue weighted by atomic mass is 16.5. The predicted octanol–water partition coefficient (Wildman–Crippen LogP) is 2.18. The molecule has 0 atom stereocenters. The van der Waals surface area contributed by atoms with E-state index in [1.807, 2.05) is 17.0 Å². The van der Waals surface area contributed by atoms with Gasteiger partial charge in [0.05, 0.1) is 7.11 Å². The van der Waals surface area contributed by atoms with E-state index in [2.05, 4.69) is 0 Å². The molecule has 4 nitrogen and oxygen atoms in total. The first-order valence-electron chi connectivity index (χ1n) is 6.41. The molecular formula is C14H20N2O2. The van der Waals surface area contributed by atoms with Crippen LogP contribution in [0.15, 0.2) is 18.2 Å². The Labute approximate surface area is 108 Å². The number of amides is 1. The molecule has 0 aromatic heterocycles. The van der Waals surface area contributed by atoms with E-state index in [0.29, 0.717) is 18.7 Å². The summed E-state index contributed by atoms with van der Waals surface area (Å²) in [6, 6.07) is 5.59. The lowest BCUT2D eigenvalue weighted by atomic mass is 10.1. The second-order valence-corrected chi connectivity index (χ2v) is 4.70. The lowest BCUT2D eigenvalue weighted by Crippen LogP contribution is -2.29. The summed E-state index contributed by atoms with van der Waals surface area (Å²) in [5.41, 5.74) is 7.42. The van der Waals surface area contributed by atoms with E-state index in [4.69, 9.17) is 10.5 Å². The fraction of sp³-hybridized carbons (Fsp3) is 0.500. The van der Waals surface area contributed by atoms with Gasteiger partial charge in [-0.3, -0.25) is 4.79 Å². The highest BCUT2D eigenvalue weighted by Gasteiger charge is 2.18. The molecule has 0 unspecified atom stereocenters. The molecular weight excluding hydrogens is 228 g/mol. The summed E-state index contributed by atoms with van der Waals surface area (Å²) in [5.74, 6) is 0.999. The molecule has 1 saturated heterocycles. The number of nitrogens with zero attached hydrogens (tertiary/aromatic N) is 1. The van der Waals surface area contributed by atoms with Crippen molar-refractivity contribution in [2.45, 2.75) is 32.2 Å². The van der Waals surface area contributed by atoms with Crippen molar-refractivity contribution in [2.24, 2.45) is 0 Å². The fourth-order valence-electron chi connectivity index (χ4n) is 2.30. The van der Waals surface area contributed by atoms with Crippen molar-refractivity contribution in [3.05, 3.63) is 23.8 Å². The molecule has 98 valence electrons. The minimum Gasteiger partial charge on any atom is -0.496 e. The van der Waals surface area contributed by atoms with E-state index >= 15 is 0 Å². The van der Waals surface area contributed by atoms with Crippen molar-refractivity contribution in [3.8, 4) is 5.75 Å². The Morgan fingerprint density at radius 1 is 1.33 bits per heavy atom. The van der Waals surface area contributed by atoms with Gasteiger partial charge in [0.15, 0.2) is 0 Å². The van der Waals surface area contributed by atoms with Crippen LogP contribution in [0.25, 0.3) is 0 Å². The molecule has 0 saturated carbocycles. The number of ether oxygens (including phenoxy) is 1. The van der Waals surface area contributed by atoms with Crippen molar-refractivity contribution in [1.29, 1.82) is 0 Å². The van der Waals surface area contributed by atoms with Crippen LogP contribution >= 0.6 is 0 Å². The molecule has 2 N–H and O–H groups in total. The van der Waals surface area contributed by atoms with Crippen molar-refractivity contribution in [3.63, 3.8) is 0 Å². The van der Waals surface area contributed by atoms with Gasteiger partial charge in [-0.15, -0.1) is 0 Å². The average molecular weight is 248 g/mol. The second-order valence-electron chi connectivity index (χ2n) is 4.70. The van der Waals surface area contributed by atoms with E-state index in [0.717, 1.165) is 37.1 Å². The summed E-state index contributed by atoms with van der Waals surface area (Å²) in [4.78, 5) is 13.9. The number of nitrogen functional groups attached to an aromatic ring is 1. The fourth-order valence-corrected chi connectivity index (χ4v) is 2.30. The molecule has 0 radical (unpaired) electrons. The molecule has 1 amide bonds. The molecule has 0 bridgehead atoms. The molecule has 1 aromatic carbocycles. The smallest absolute Gasteiger partial charge is 0.222 e. The molecule has 1 aromatic rings. The summed E-state index contributed by atoms with van der Waals surface area (Å²) < 4.78 is 5.32. The lowest BCUT2D eigenvalue weighted by Gasteiger charge is -2.21. The number of carbonyl (C=O) groups is 1. The number of hydrogen-bond donors (Lipinski definition) is 1. The van der Waals surface area contributed by atoms with Gasteiger partial charge in [-0.1, -0.05) is 12.5 Å². The van der Waals surface area contributed by atoms with Gasteiger partial charge < -0.3 is 15.4 Å². The number of carbonyl (C=O) groups excluding carboxylic acids is 1. The Morgan fingerprint density at radius 2 is 2.17 bits per heavy atom. The highest BCUT2D eigenvalue weighted by molar-refractivity contribution is 5.76. The summed E-state index contributed by atoms with van der Waals surface area (Å²) in [6.45, 7) is 1.45. The minimum absolute atomic E-state index is 0.242. The Balaban J connectivity index is 2.14. The predicted molar refractivity (Wildman–Crippen MR) is 71.3 cm³/mol. The first kappa shape index (κ1) is 12.7. The van der Waals surface area contributed by atoms with Crippen molar-refractivity contribution < 1.29 is 9.53 Å². The molecule has 2 rings (SSSR count). The largest absolute Gasteiger partial charge is 0.496 e. The average Bonchev–Trinajstić information content (AvgIpc) is 2.57. The number of nitrogens with two attached hydrogens (primary N) is 1. The molecule has 4 heteroatoms. The topological polar surface area (TPSA) is 55.6 Å². The molecule has 0 aliphatic carbocycles. The first-order chi connectivity index (χ1) is 8.70. The summed E-state index contributed by atoms with van der Waals surface area (Å²) in [6.07, 6.45) is 3.90. The number of benzene rings is 1. The van der Waals surface area contributed by atoms with Gasteiger partial charge in [-0.2, -0.15) is 0 Å². The minimum atomic E-state index is 0.242. The third-order valence-electron chi connectivity index (χ3n) is 3.34. The van der Waals surface area contributed by atoms with Crippen molar-refractivity contribution in [1.82, 2.24) is 4.90 Å². The van der Waals surface area contributed by atoms with Crippen LogP contribution < -0.4 is 10.5 Å². The third-order valence-corrected chi connectivity index (χ3v) is 3.34. The number of anilines is 1. The van der Waals surface area contributed by atoms with Gasteiger partial charge in [0.2, 0.25) is 5.91 Å². The molecule has 1 aliphatic heterocycles. The maximum Gasteiger partial charge on any atom is 0.222 e. The summed E-state index contributed by atoms with van der Waals surface area (Å²) >= 11 is 0. The number of methoxy groups -OCH3 is 1. The molecule has 1 fully saturated rings. The van der Waals surface area contributed by atoms with Gasteiger partial charge in [0.25, 0.3) is 0 Å². The monoisotopic (exact) mass is 248 g/mol. The lowest BCUT2D eigenvalue weighted by molar-refractivity contribution is -0.131. The zero-order chi connectivity index (χ0) is 13.0. The maximum atomic E-state index is 11.9. The zero-order valence-electron chi connectivity index (χ0n) is 10.8. The van der Waals surface area contributed by atoms with E-state index < -0.39 is 0 Å². The van der Waals surface area contributed by atoms with Crippen LogP contribution in [0.1, 0.15) is 31.2 Å². The summed E-state index contributed by atoms with van der Waals surface area (Å²) in [7, 11) is 1.63. The SMILES string of the molecule is COc1cc(N)ccc1CN1CCCCCC1=O. The van der Waals surface area contributed by atoms with Gasteiger partial charge in [-0.25, -0.2) is 0 Å². The van der Waals surface area contributed by atoms with Gasteiger partial charge >= 0.3 is 0 Å². The van der Waals surface area contributed by atoms with Crippen LogP contribution in [-0.2, 0) is 11.3 Å². The van der Waals surface area contributed by atoms with Gasteiger partial charge in [-0.05, 0) is 18.9 Å². The van der Waals surface area contributed by atoms with Crippen LogP contribution in [0.4, 0.5) is 5.69 Å². The van der Waals surface area contributed by atoms with E-state index in [1.165, 1.54) is 0 Å². The van der Waals surface area contributed by atoms with Crippen LogP contribution in [0.3, 0.4) is 0 Å². The van der Waals surface area contributed by atoms with Crippen molar-refractivity contribution >= 4 is 11.6 Å². The number of hydrogen-bond acceptors (Lipinski definition) is 3. The third kappa shape index (κ3) is 2.94. The zero-order valence-corrected chi connectivity index (χ0v) is 10.8. The Kier molecular flexibility index (Phi) is 4.07. The van der Waals surface area contributed by atoms with Gasteiger partial charge in [0, 0.05) is 36.8 Å². The molecule has 1 aliphatic rings. The van der Waals surface area contributed by atoms with Crippen LogP contribution in [0.2, 0.25) is 0 Å². The standard InChI is InChI=1S/C14H20N2O2/c1-18-13-9-12(15)7-6-11(13)10-16-8-4-2-3-5-14(16)17/h6-7,9H,2-5,8,10,15H2,1H3. The molecule has 0 spiro atoms. The van der Waals surface area contributed by atoms with Crippen LogP contribution in [0, 0.1) is 0 Å². The van der Waals surface area contributed by atoms with Gasteiger partial charge in [0.1, 0.15) is 5.75 Å². The maximum absolute atomic E-state index is 11.9. The molecule has 1 heterocycles. The van der Waals surface area contributed by atoms with Crippen LogP contribution in [0.5, 0.6) is 5.75 Å². The quantitative estimate of drug-likeness (QED) is 0.834. The number of likely N-dealkylation sites (tertiary alicyclic amines) is 1. The highest BCUT2D eigenvalue weighted by Crippen LogP contribution is 2.24. The van der Waals surface area contributed by atoms with Crippen molar-refractivity contribution in [2.75, 3.05) is 19.4 Å². The van der Waals surface area contributed by atoms with E-state index in [-0.39, 0.29) is 5.91 Å².